The summed E-state index contributed by atoms with van der Waals surface area (Å²) in [6.07, 6.45) is 10.1. The van der Waals surface area contributed by atoms with Crippen molar-refractivity contribution in [2.75, 3.05) is 0 Å². The molecule has 0 aliphatic heterocycles. The Hall–Kier alpha value is -1.44. The van der Waals surface area contributed by atoms with E-state index < -0.39 is 0 Å². The van der Waals surface area contributed by atoms with Crippen LogP contribution in [0.4, 0.5) is 8.78 Å². The van der Waals surface area contributed by atoms with E-state index >= 15 is 4.39 Å². The van der Waals surface area contributed by atoms with Crippen LogP contribution in [0.1, 0.15) is 69.8 Å². The van der Waals surface area contributed by atoms with E-state index in [0.717, 1.165) is 41.5 Å². The summed E-state index contributed by atoms with van der Waals surface area (Å²) in [5, 5.41) is 1.22. The van der Waals surface area contributed by atoms with Gasteiger partial charge in [0, 0.05) is 5.39 Å². The van der Waals surface area contributed by atoms with Crippen LogP contribution in [0.25, 0.3) is 10.8 Å². The molecule has 2 heteroatoms. The molecule has 2 fully saturated rings. The van der Waals surface area contributed by atoms with Crippen molar-refractivity contribution in [1.82, 2.24) is 0 Å². The Labute approximate surface area is 149 Å². The molecule has 4 rings (SSSR count). The highest BCUT2D eigenvalue weighted by Crippen LogP contribution is 2.49. The van der Waals surface area contributed by atoms with Gasteiger partial charge in [-0.2, -0.15) is 0 Å². The maximum absolute atomic E-state index is 15.1. The van der Waals surface area contributed by atoms with Crippen LogP contribution in [-0.2, 0) is 0 Å². The molecular formula is C23H28F2. The van der Waals surface area contributed by atoms with Crippen LogP contribution in [0.3, 0.4) is 0 Å². The smallest absolute Gasteiger partial charge is 0.134 e. The molecule has 25 heavy (non-hydrogen) atoms. The highest BCUT2D eigenvalue weighted by molar-refractivity contribution is 5.84. The normalized spacial score (nSPS) is 29.6. The molecule has 2 aliphatic rings. The molecule has 4 unspecified atom stereocenters. The lowest BCUT2D eigenvalue weighted by Gasteiger charge is -2.42. The minimum absolute atomic E-state index is 0.194. The van der Waals surface area contributed by atoms with Crippen LogP contribution in [0.2, 0.25) is 0 Å². The van der Waals surface area contributed by atoms with E-state index in [-0.39, 0.29) is 11.6 Å². The fraction of sp³-hybridized carbons (Fsp3) is 0.565. The van der Waals surface area contributed by atoms with Gasteiger partial charge in [0.15, 0.2) is 0 Å². The third kappa shape index (κ3) is 3.32. The van der Waals surface area contributed by atoms with Crippen molar-refractivity contribution >= 4 is 10.8 Å². The highest BCUT2D eigenvalue weighted by atomic mass is 19.1. The van der Waals surface area contributed by atoms with E-state index in [2.05, 4.69) is 6.92 Å². The largest absolute Gasteiger partial charge is 0.207 e. The maximum Gasteiger partial charge on any atom is 0.134 e. The van der Waals surface area contributed by atoms with Crippen LogP contribution in [-0.4, -0.2) is 0 Å². The molecule has 0 spiro atoms. The molecule has 0 aromatic heterocycles. The fourth-order valence-corrected chi connectivity index (χ4v) is 5.53. The van der Waals surface area contributed by atoms with Crippen LogP contribution >= 0.6 is 0 Å². The molecule has 0 bridgehead atoms. The molecule has 0 heterocycles. The number of fused-ring (bicyclic) bond motifs is 2. The first-order valence-corrected chi connectivity index (χ1v) is 10.0. The molecule has 4 atom stereocenters. The minimum atomic E-state index is -0.360. The Morgan fingerprint density at radius 2 is 1.68 bits per heavy atom. The molecule has 0 N–H and O–H groups in total. The first kappa shape index (κ1) is 17.0. The van der Waals surface area contributed by atoms with E-state index in [1.54, 1.807) is 6.07 Å². The topological polar surface area (TPSA) is 0 Å². The average molecular weight is 342 g/mol. The zero-order valence-corrected chi connectivity index (χ0v) is 15.1. The Kier molecular flexibility index (Phi) is 4.80. The van der Waals surface area contributed by atoms with Gasteiger partial charge in [-0.1, -0.05) is 44.4 Å². The van der Waals surface area contributed by atoms with Crippen LogP contribution in [0, 0.1) is 29.4 Å². The van der Waals surface area contributed by atoms with Gasteiger partial charge in [0.25, 0.3) is 0 Å². The van der Waals surface area contributed by atoms with E-state index in [4.69, 9.17) is 0 Å². The summed E-state index contributed by atoms with van der Waals surface area (Å²) >= 11 is 0. The SMILES string of the molecule is CCCC1CCC2CC(c3ccc4ccc(F)cc4c3F)CCC2C1. The summed E-state index contributed by atoms with van der Waals surface area (Å²) in [5.74, 6) is 2.28. The van der Waals surface area contributed by atoms with Gasteiger partial charge < -0.3 is 0 Å². The third-order valence-corrected chi connectivity index (χ3v) is 6.81. The zero-order valence-electron chi connectivity index (χ0n) is 15.1. The molecule has 2 aliphatic carbocycles. The van der Waals surface area contributed by atoms with Crippen molar-refractivity contribution in [3.63, 3.8) is 0 Å². The lowest BCUT2D eigenvalue weighted by molar-refractivity contribution is 0.113. The number of halogens is 2. The molecule has 2 saturated carbocycles. The van der Waals surface area contributed by atoms with E-state index in [1.807, 2.05) is 12.1 Å². The van der Waals surface area contributed by atoms with Gasteiger partial charge in [-0.05, 0) is 78.9 Å². The van der Waals surface area contributed by atoms with Crippen LogP contribution < -0.4 is 0 Å². The predicted octanol–water partition coefficient (Wildman–Crippen LogP) is 7.22. The molecular weight excluding hydrogens is 314 g/mol. The molecule has 134 valence electrons. The predicted molar refractivity (Wildman–Crippen MR) is 99.7 cm³/mol. The average Bonchev–Trinajstić information content (AvgIpc) is 2.62. The first-order valence-electron chi connectivity index (χ1n) is 10.0. The van der Waals surface area contributed by atoms with Crippen molar-refractivity contribution in [3.8, 4) is 0 Å². The second kappa shape index (κ2) is 7.05. The van der Waals surface area contributed by atoms with Crippen molar-refractivity contribution in [1.29, 1.82) is 0 Å². The van der Waals surface area contributed by atoms with Crippen molar-refractivity contribution < 1.29 is 8.78 Å². The van der Waals surface area contributed by atoms with E-state index in [9.17, 15) is 4.39 Å². The lowest BCUT2D eigenvalue weighted by Crippen LogP contribution is -2.30. The lowest BCUT2D eigenvalue weighted by atomic mass is 9.63. The van der Waals surface area contributed by atoms with Gasteiger partial charge in [0.2, 0.25) is 0 Å². The van der Waals surface area contributed by atoms with Gasteiger partial charge in [-0.15, -0.1) is 0 Å². The van der Waals surface area contributed by atoms with Crippen LogP contribution in [0.5, 0.6) is 0 Å². The second-order valence-corrected chi connectivity index (χ2v) is 8.33. The number of hydrogen-bond donors (Lipinski definition) is 0. The number of benzene rings is 2. The summed E-state index contributed by atoms with van der Waals surface area (Å²) in [6, 6.07) is 8.32. The standard InChI is InChI=1S/C23H28F2/c1-2-3-15-4-5-18-13-19(7-6-17(18)12-15)21-11-9-16-8-10-20(24)14-22(16)23(21)25/h8-11,14-15,17-19H,2-7,12-13H2,1H3. The third-order valence-electron chi connectivity index (χ3n) is 6.81. The Morgan fingerprint density at radius 3 is 2.52 bits per heavy atom. The number of hydrogen-bond acceptors (Lipinski definition) is 0. The molecule has 0 nitrogen and oxygen atoms in total. The second-order valence-electron chi connectivity index (χ2n) is 8.33. The van der Waals surface area contributed by atoms with E-state index in [1.165, 1.54) is 50.7 Å². The Balaban J connectivity index is 1.54. The monoisotopic (exact) mass is 342 g/mol. The summed E-state index contributed by atoms with van der Waals surface area (Å²) in [6.45, 7) is 2.29. The minimum Gasteiger partial charge on any atom is -0.207 e. The Bertz CT molecular complexity index is 751. The van der Waals surface area contributed by atoms with Gasteiger partial charge >= 0.3 is 0 Å². The quantitative estimate of drug-likeness (QED) is 0.552. The fourth-order valence-electron chi connectivity index (χ4n) is 5.53. The summed E-state index contributed by atoms with van der Waals surface area (Å²) < 4.78 is 28.6. The molecule has 2 aromatic carbocycles. The molecule has 0 saturated heterocycles. The molecule has 2 aromatic rings. The first-order chi connectivity index (χ1) is 12.2. The van der Waals surface area contributed by atoms with Crippen molar-refractivity contribution in [2.24, 2.45) is 17.8 Å². The van der Waals surface area contributed by atoms with Gasteiger partial charge in [0.05, 0.1) is 0 Å². The van der Waals surface area contributed by atoms with Crippen molar-refractivity contribution in [3.05, 3.63) is 47.5 Å². The van der Waals surface area contributed by atoms with Gasteiger partial charge in [-0.3, -0.25) is 0 Å². The van der Waals surface area contributed by atoms with Crippen molar-refractivity contribution in [2.45, 2.75) is 64.2 Å². The summed E-state index contributed by atoms with van der Waals surface area (Å²) in [7, 11) is 0. The van der Waals surface area contributed by atoms with Crippen LogP contribution in [0.15, 0.2) is 30.3 Å². The highest BCUT2D eigenvalue weighted by Gasteiger charge is 2.36. The Morgan fingerprint density at radius 1 is 0.920 bits per heavy atom. The maximum atomic E-state index is 15.1. The molecule has 0 radical (unpaired) electrons. The van der Waals surface area contributed by atoms with Gasteiger partial charge in [-0.25, -0.2) is 8.78 Å². The molecule has 0 amide bonds. The summed E-state index contributed by atoms with van der Waals surface area (Å²) in [5.41, 5.74) is 0.812. The van der Waals surface area contributed by atoms with E-state index in [0.29, 0.717) is 11.3 Å². The number of rotatable bonds is 3. The zero-order chi connectivity index (χ0) is 17.4. The van der Waals surface area contributed by atoms with Gasteiger partial charge in [0.1, 0.15) is 11.6 Å². The summed E-state index contributed by atoms with van der Waals surface area (Å²) in [4.78, 5) is 0.